The predicted molar refractivity (Wildman–Crippen MR) is 87.0 cm³/mol. The second-order valence-electron chi connectivity index (χ2n) is 6.34. The van der Waals surface area contributed by atoms with Crippen LogP contribution in [-0.2, 0) is 9.53 Å². The maximum Gasteiger partial charge on any atom is 0.221 e. The van der Waals surface area contributed by atoms with Gasteiger partial charge in [-0.3, -0.25) is 10.1 Å². The Hall–Kier alpha value is -0.610. The Bertz CT molecular complexity index is 276. The molecule has 4 heteroatoms. The van der Waals surface area contributed by atoms with Gasteiger partial charge in [-0.1, -0.05) is 64.7 Å². The number of rotatable bonds is 13. The molecule has 124 valence electrons. The van der Waals surface area contributed by atoms with Gasteiger partial charge in [0.05, 0.1) is 13.0 Å². The molecule has 0 bridgehead atoms. The van der Waals surface area contributed by atoms with Crippen LogP contribution in [0.3, 0.4) is 0 Å². The van der Waals surface area contributed by atoms with E-state index in [0.29, 0.717) is 13.0 Å². The van der Waals surface area contributed by atoms with Crippen LogP contribution in [0.15, 0.2) is 0 Å². The van der Waals surface area contributed by atoms with Crippen LogP contribution in [0, 0.1) is 0 Å². The van der Waals surface area contributed by atoms with Gasteiger partial charge in [-0.05, 0) is 12.8 Å². The first-order valence-corrected chi connectivity index (χ1v) is 8.86. The molecule has 1 atom stereocenters. The van der Waals surface area contributed by atoms with E-state index in [1.165, 1.54) is 57.8 Å². The van der Waals surface area contributed by atoms with Crippen molar-refractivity contribution in [3.63, 3.8) is 0 Å². The van der Waals surface area contributed by atoms with Crippen LogP contribution in [0.25, 0.3) is 0 Å². The number of carbonyl (C=O) groups excluding carboxylic acids is 1. The lowest BCUT2D eigenvalue weighted by Crippen LogP contribution is -2.44. The summed E-state index contributed by atoms with van der Waals surface area (Å²) in [6, 6.07) is 0. The van der Waals surface area contributed by atoms with Gasteiger partial charge < -0.3 is 10.5 Å². The Morgan fingerprint density at radius 3 is 2.10 bits per heavy atom. The fourth-order valence-corrected chi connectivity index (χ4v) is 3.12. The third-order valence-electron chi connectivity index (χ3n) is 4.32. The fourth-order valence-electron chi connectivity index (χ4n) is 3.12. The molecule has 3 N–H and O–H groups in total. The highest BCUT2D eigenvalue weighted by molar-refractivity contribution is 5.74. The summed E-state index contributed by atoms with van der Waals surface area (Å²) in [5, 5.41) is 3.31. The molecular formula is C17H34N2O2. The molecule has 4 nitrogen and oxygen atoms in total. The monoisotopic (exact) mass is 298 g/mol. The van der Waals surface area contributed by atoms with E-state index in [1.54, 1.807) is 0 Å². The van der Waals surface area contributed by atoms with Crippen molar-refractivity contribution in [2.24, 2.45) is 5.73 Å². The molecule has 0 aromatic rings. The molecular weight excluding hydrogens is 264 g/mol. The molecule has 1 amide bonds. The second kappa shape index (κ2) is 11.0. The van der Waals surface area contributed by atoms with E-state index in [4.69, 9.17) is 10.5 Å². The molecule has 0 aliphatic carbocycles. The number of ether oxygens (including phenoxy) is 1. The average Bonchev–Trinajstić information content (AvgIpc) is 2.89. The highest BCUT2D eigenvalue weighted by Crippen LogP contribution is 2.24. The summed E-state index contributed by atoms with van der Waals surface area (Å²) < 4.78 is 5.72. The van der Waals surface area contributed by atoms with Gasteiger partial charge in [0.1, 0.15) is 5.72 Å². The van der Waals surface area contributed by atoms with Gasteiger partial charge in [-0.25, -0.2) is 0 Å². The maximum atomic E-state index is 11.1. The summed E-state index contributed by atoms with van der Waals surface area (Å²) >= 11 is 0. The lowest BCUT2D eigenvalue weighted by molar-refractivity contribution is -0.125. The van der Waals surface area contributed by atoms with Crippen LogP contribution in [0.4, 0.5) is 0 Å². The van der Waals surface area contributed by atoms with Gasteiger partial charge in [0, 0.05) is 6.54 Å². The largest absolute Gasteiger partial charge is 0.370 e. The highest BCUT2D eigenvalue weighted by Gasteiger charge is 2.35. The molecule has 21 heavy (non-hydrogen) atoms. The lowest BCUT2D eigenvalue weighted by atomic mass is 9.99. The summed E-state index contributed by atoms with van der Waals surface area (Å²) in [5.74, 6) is -0.281. The lowest BCUT2D eigenvalue weighted by Gasteiger charge is -2.27. The summed E-state index contributed by atoms with van der Waals surface area (Å²) in [6.45, 7) is 3.77. The zero-order valence-corrected chi connectivity index (χ0v) is 13.8. The van der Waals surface area contributed by atoms with Crippen molar-refractivity contribution < 1.29 is 9.53 Å². The molecule has 1 aliphatic rings. The molecule has 1 unspecified atom stereocenters. The maximum absolute atomic E-state index is 11.1. The zero-order valence-electron chi connectivity index (χ0n) is 13.8. The van der Waals surface area contributed by atoms with Gasteiger partial charge >= 0.3 is 0 Å². The van der Waals surface area contributed by atoms with Crippen molar-refractivity contribution >= 4 is 5.91 Å². The smallest absolute Gasteiger partial charge is 0.221 e. The second-order valence-corrected chi connectivity index (χ2v) is 6.34. The Labute approximate surface area is 130 Å². The summed E-state index contributed by atoms with van der Waals surface area (Å²) in [5.41, 5.74) is 4.85. The van der Waals surface area contributed by atoms with Crippen molar-refractivity contribution in [3.8, 4) is 0 Å². The molecule has 1 rings (SSSR count). The molecule has 0 radical (unpaired) electrons. The van der Waals surface area contributed by atoms with E-state index < -0.39 is 5.72 Å². The highest BCUT2D eigenvalue weighted by atomic mass is 16.5. The number of hydrogen-bond acceptors (Lipinski definition) is 3. The van der Waals surface area contributed by atoms with Crippen LogP contribution < -0.4 is 11.1 Å². The van der Waals surface area contributed by atoms with Crippen LogP contribution in [0.5, 0.6) is 0 Å². The number of carbonyl (C=O) groups is 1. The average molecular weight is 298 g/mol. The molecule has 0 saturated carbocycles. The molecule has 1 saturated heterocycles. The summed E-state index contributed by atoms with van der Waals surface area (Å²) in [7, 11) is 0. The van der Waals surface area contributed by atoms with Crippen LogP contribution in [0.1, 0.15) is 84.0 Å². The first-order valence-electron chi connectivity index (χ1n) is 8.86. The molecule has 0 aromatic carbocycles. The topological polar surface area (TPSA) is 64.4 Å². The number of hydrogen-bond donors (Lipinski definition) is 2. The Morgan fingerprint density at radius 1 is 1.05 bits per heavy atom. The van der Waals surface area contributed by atoms with E-state index in [-0.39, 0.29) is 5.91 Å². The fraction of sp³-hybridized carbons (Fsp3) is 0.941. The van der Waals surface area contributed by atoms with E-state index in [0.717, 1.165) is 19.4 Å². The van der Waals surface area contributed by atoms with E-state index in [1.807, 2.05) is 0 Å². The minimum atomic E-state index is -0.466. The molecule has 0 aromatic heterocycles. The van der Waals surface area contributed by atoms with Gasteiger partial charge in [-0.2, -0.15) is 0 Å². The Kier molecular flexibility index (Phi) is 9.68. The predicted octanol–water partition coefficient (Wildman–Crippen LogP) is 3.49. The first-order chi connectivity index (χ1) is 10.2. The van der Waals surface area contributed by atoms with E-state index in [2.05, 4.69) is 12.2 Å². The van der Waals surface area contributed by atoms with Crippen molar-refractivity contribution in [3.05, 3.63) is 0 Å². The van der Waals surface area contributed by atoms with E-state index >= 15 is 0 Å². The van der Waals surface area contributed by atoms with Crippen LogP contribution in [0.2, 0.25) is 0 Å². The Balaban J connectivity index is 1.98. The van der Waals surface area contributed by atoms with Crippen molar-refractivity contribution in [1.82, 2.24) is 5.32 Å². The third-order valence-corrected chi connectivity index (χ3v) is 4.32. The van der Waals surface area contributed by atoms with Gasteiger partial charge in [0.15, 0.2) is 0 Å². The molecule has 0 spiro atoms. The van der Waals surface area contributed by atoms with Crippen molar-refractivity contribution in [1.29, 1.82) is 0 Å². The van der Waals surface area contributed by atoms with Gasteiger partial charge in [0.25, 0.3) is 0 Å². The van der Waals surface area contributed by atoms with Gasteiger partial charge in [0.2, 0.25) is 5.91 Å². The van der Waals surface area contributed by atoms with Gasteiger partial charge in [-0.15, -0.1) is 0 Å². The molecule has 1 fully saturated rings. The van der Waals surface area contributed by atoms with Crippen LogP contribution in [-0.4, -0.2) is 24.8 Å². The quantitative estimate of drug-likeness (QED) is 0.512. The van der Waals surface area contributed by atoms with Crippen molar-refractivity contribution in [2.75, 3.05) is 13.2 Å². The zero-order chi connectivity index (χ0) is 15.4. The summed E-state index contributed by atoms with van der Waals surface area (Å²) in [6.07, 6.45) is 14.4. The Morgan fingerprint density at radius 2 is 1.62 bits per heavy atom. The number of primary amides is 1. The summed E-state index contributed by atoms with van der Waals surface area (Å²) in [4.78, 5) is 11.1. The number of nitrogens with one attached hydrogen (secondary N) is 1. The first kappa shape index (κ1) is 18.4. The van der Waals surface area contributed by atoms with Crippen molar-refractivity contribution in [2.45, 2.75) is 89.7 Å². The molecule has 1 aliphatic heterocycles. The normalized spacial score (nSPS) is 21.8. The minimum absolute atomic E-state index is 0.281. The SMILES string of the molecule is CCCCCCCCCCCCC1(CC(N)=O)NCCO1. The third kappa shape index (κ3) is 8.42. The number of nitrogens with two attached hydrogens (primary N) is 1. The number of unbranched alkanes of at least 4 members (excludes halogenated alkanes) is 9. The van der Waals surface area contributed by atoms with Crippen LogP contribution >= 0.6 is 0 Å². The number of amides is 1. The van der Waals surface area contributed by atoms with E-state index in [9.17, 15) is 4.79 Å². The standard InChI is InChI=1S/C17H34N2O2/c1-2-3-4-5-6-7-8-9-10-11-12-17(15-16(18)20)19-13-14-21-17/h19H,2-15H2,1H3,(H2,18,20). The minimum Gasteiger partial charge on any atom is -0.370 e. The molecule has 1 heterocycles.